The molecule has 0 saturated carbocycles. The van der Waals surface area contributed by atoms with E-state index < -0.39 is 23.6 Å². The monoisotopic (exact) mass is 374 g/mol. The summed E-state index contributed by atoms with van der Waals surface area (Å²) in [6.07, 6.45) is 1.64. The molecule has 0 bridgehead atoms. The third-order valence-electron chi connectivity index (χ3n) is 3.42. The van der Waals surface area contributed by atoms with Crippen LogP contribution in [0.25, 0.3) is 6.08 Å². The summed E-state index contributed by atoms with van der Waals surface area (Å²) >= 11 is 2.26. The van der Waals surface area contributed by atoms with Crippen molar-refractivity contribution in [3.63, 3.8) is 0 Å². The number of phenolic OH excluding ortho intramolecular Hbond substituents is 1. The minimum absolute atomic E-state index is 0.0694. The number of hydrogen-bond acceptors (Lipinski definition) is 6. The number of thiophene rings is 1. The number of nitrogens with one attached hydrogen (secondary N) is 1. The fourth-order valence-electron chi connectivity index (χ4n) is 2.22. The highest BCUT2D eigenvalue weighted by Gasteiger charge is 2.36. The van der Waals surface area contributed by atoms with Gasteiger partial charge < -0.3 is 10.4 Å². The first-order valence-corrected chi connectivity index (χ1v) is 9.02. The Morgan fingerprint density at radius 2 is 2.12 bits per heavy atom. The van der Waals surface area contributed by atoms with E-state index in [0.717, 1.165) is 27.1 Å². The minimum atomic E-state index is -0.557. The fourth-order valence-corrected chi connectivity index (χ4v) is 3.78. The van der Waals surface area contributed by atoms with Gasteiger partial charge in [-0.3, -0.25) is 19.3 Å². The molecule has 0 aliphatic carbocycles. The second-order valence-electron chi connectivity index (χ2n) is 5.35. The van der Waals surface area contributed by atoms with Gasteiger partial charge in [-0.2, -0.15) is 0 Å². The minimum Gasteiger partial charge on any atom is -0.506 e. The van der Waals surface area contributed by atoms with Crippen LogP contribution in [0.3, 0.4) is 0 Å². The van der Waals surface area contributed by atoms with Crippen LogP contribution in [0, 0.1) is 6.92 Å². The standard InChI is InChI=1S/C17H14N2O4S2/c1-10-4-5-12(13(20)7-10)18-15(21)9-19-16(22)14(25-17(19)23)8-11-3-2-6-24-11/h2-8,20H,9H2,1H3,(H,18,21)/b14-8+. The van der Waals surface area contributed by atoms with E-state index in [4.69, 9.17) is 0 Å². The van der Waals surface area contributed by atoms with Crippen LogP contribution >= 0.6 is 23.1 Å². The first-order chi connectivity index (χ1) is 11.9. The maximum absolute atomic E-state index is 12.3. The molecule has 2 N–H and O–H groups in total. The molecule has 1 aromatic heterocycles. The van der Waals surface area contributed by atoms with Crippen molar-refractivity contribution in [2.24, 2.45) is 0 Å². The number of anilines is 1. The molecule has 0 spiro atoms. The Bertz CT molecular complexity index is 875. The average Bonchev–Trinajstić information content (AvgIpc) is 3.15. The maximum Gasteiger partial charge on any atom is 0.294 e. The number of carbonyl (C=O) groups is 3. The van der Waals surface area contributed by atoms with Crippen molar-refractivity contribution in [2.75, 3.05) is 11.9 Å². The number of thioether (sulfide) groups is 1. The van der Waals surface area contributed by atoms with Crippen LogP contribution in [0.15, 0.2) is 40.6 Å². The molecule has 3 amide bonds. The van der Waals surface area contributed by atoms with Gasteiger partial charge in [0.1, 0.15) is 12.3 Å². The fraction of sp³-hybridized carbons (Fsp3) is 0.118. The van der Waals surface area contributed by atoms with E-state index in [1.54, 1.807) is 18.2 Å². The van der Waals surface area contributed by atoms with Crippen molar-refractivity contribution in [1.82, 2.24) is 4.90 Å². The van der Waals surface area contributed by atoms with Crippen LogP contribution in [0.5, 0.6) is 5.75 Å². The summed E-state index contributed by atoms with van der Waals surface area (Å²) < 4.78 is 0. The molecular formula is C17H14N2O4S2. The molecule has 3 rings (SSSR count). The van der Waals surface area contributed by atoms with Crippen molar-refractivity contribution in [3.8, 4) is 5.75 Å². The summed E-state index contributed by atoms with van der Waals surface area (Å²) in [6.45, 7) is 1.41. The smallest absolute Gasteiger partial charge is 0.294 e. The predicted molar refractivity (Wildman–Crippen MR) is 98.5 cm³/mol. The highest BCUT2D eigenvalue weighted by molar-refractivity contribution is 8.18. The van der Waals surface area contributed by atoms with Gasteiger partial charge >= 0.3 is 0 Å². The maximum atomic E-state index is 12.3. The zero-order valence-corrected chi connectivity index (χ0v) is 14.8. The number of aromatic hydroxyl groups is 1. The van der Waals surface area contributed by atoms with Gasteiger partial charge in [0.15, 0.2) is 0 Å². The van der Waals surface area contributed by atoms with Crippen molar-refractivity contribution in [1.29, 1.82) is 0 Å². The number of hydrogen-bond donors (Lipinski definition) is 2. The summed E-state index contributed by atoms with van der Waals surface area (Å²) in [4.78, 5) is 38.5. The molecule has 128 valence electrons. The van der Waals surface area contributed by atoms with E-state index in [9.17, 15) is 19.5 Å². The molecule has 1 aliphatic rings. The average molecular weight is 374 g/mol. The van der Waals surface area contributed by atoms with E-state index >= 15 is 0 Å². The first kappa shape index (κ1) is 17.2. The van der Waals surface area contributed by atoms with Crippen LogP contribution in [-0.2, 0) is 9.59 Å². The van der Waals surface area contributed by atoms with E-state index in [-0.39, 0.29) is 11.4 Å². The summed E-state index contributed by atoms with van der Waals surface area (Å²) in [7, 11) is 0. The second-order valence-corrected chi connectivity index (χ2v) is 7.32. The van der Waals surface area contributed by atoms with E-state index in [2.05, 4.69) is 5.32 Å². The molecule has 1 fully saturated rings. The molecule has 25 heavy (non-hydrogen) atoms. The molecule has 8 heteroatoms. The Hall–Kier alpha value is -2.58. The van der Waals surface area contributed by atoms with Crippen LogP contribution in [0.1, 0.15) is 10.4 Å². The Morgan fingerprint density at radius 3 is 2.80 bits per heavy atom. The SMILES string of the molecule is Cc1ccc(NC(=O)CN2C(=O)S/C(=C/c3cccs3)C2=O)c(O)c1. The molecule has 1 aromatic carbocycles. The van der Waals surface area contributed by atoms with Gasteiger partial charge in [0.05, 0.1) is 10.6 Å². The second kappa shape index (κ2) is 7.12. The Morgan fingerprint density at radius 1 is 1.32 bits per heavy atom. The number of benzene rings is 1. The lowest BCUT2D eigenvalue weighted by Crippen LogP contribution is -2.36. The van der Waals surface area contributed by atoms with Gasteiger partial charge in [-0.05, 0) is 53.9 Å². The summed E-state index contributed by atoms with van der Waals surface area (Å²) in [6, 6.07) is 8.50. The quantitative estimate of drug-likeness (QED) is 0.632. The van der Waals surface area contributed by atoms with Crippen molar-refractivity contribution < 1.29 is 19.5 Å². The van der Waals surface area contributed by atoms with Crippen molar-refractivity contribution in [2.45, 2.75) is 6.92 Å². The topological polar surface area (TPSA) is 86.7 Å². The normalized spacial score (nSPS) is 15.9. The first-order valence-electron chi connectivity index (χ1n) is 7.32. The lowest BCUT2D eigenvalue weighted by atomic mass is 10.2. The van der Waals surface area contributed by atoms with Gasteiger partial charge in [-0.1, -0.05) is 12.1 Å². The highest BCUT2D eigenvalue weighted by Crippen LogP contribution is 2.33. The molecular weight excluding hydrogens is 360 g/mol. The molecule has 0 unspecified atom stereocenters. The van der Waals surface area contributed by atoms with Gasteiger partial charge in [-0.15, -0.1) is 11.3 Å². The number of amides is 3. The Kier molecular flexibility index (Phi) is 4.91. The summed E-state index contributed by atoms with van der Waals surface area (Å²) in [5.41, 5.74) is 1.08. The molecule has 2 heterocycles. The van der Waals surface area contributed by atoms with Crippen molar-refractivity contribution in [3.05, 3.63) is 51.1 Å². The van der Waals surface area contributed by atoms with Gasteiger partial charge in [0.25, 0.3) is 11.1 Å². The third-order valence-corrected chi connectivity index (χ3v) is 5.15. The van der Waals surface area contributed by atoms with Gasteiger partial charge in [0, 0.05) is 4.88 Å². The van der Waals surface area contributed by atoms with Gasteiger partial charge in [-0.25, -0.2) is 0 Å². The zero-order chi connectivity index (χ0) is 18.0. The number of imide groups is 1. The molecule has 1 saturated heterocycles. The summed E-state index contributed by atoms with van der Waals surface area (Å²) in [5.74, 6) is -1.12. The molecule has 6 nitrogen and oxygen atoms in total. The molecule has 1 aliphatic heterocycles. The lowest BCUT2D eigenvalue weighted by Gasteiger charge is -2.13. The molecule has 0 radical (unpaired) electrons. The van der Waals surface area contributed by atoms with E-state index in [1.807, 2.05) is 24.4 Å². The van der Waals surface area contributed by atoms with Crippen LogP contribution < -0.4 is 5.32 Å². The molecule has 2 aromatic rings. The van der Waals surface area contributed by atoms with Crippen LogP contribution in [0.4, 0.5) is 10.5 Å². The zero-order valence-electron chi connectivity index (χ0n) is 13.2. The Balaban J connectivity index is 1.69. The summed E-state index contributed by atoms with van der Waals surface area (Å²) in [5, 5.41) is 13.7. The Labute approximate surface area is 152 Å². The molecule has 0 atom stereocenters. The third kappa shape index (κ3) is 3.92. The number of carbonyl (C=O) groups excluding carboxylic acids is 3. The van der Waals surface area contributed by atoms with Crippen LogP contribution in [0.2, 0.25) is 0 Å². The predicted octanol–water partition coefficient (Wildman–Crippen LogP) is 3.44. The largest absolute Gasteiger partial charge is 0.506 e. The number of rotatable bonds is 4. The van der Waals surface area contributed by atoms with E-state index in [1.165, 1.54) is 17.4 Å². The lowest BCUT2D eigenvalue weighted by molar-refractivity contribution is -0.127. The number of aryl methyl sites for hydroxylation is 1. The van der Waals surface area contributed by atoms with Crippen LogP contribution in [-0.4, -0.2) is 33.6 Å². The number of nitrogens with zero attached hydrogens (tertiary/aromatic N) is 1. The van der Waals surface area contributed by atoms with Crippen molar-refractivity contribution >= 4 is 51.9 Å². The van der Waals surface area contributed by atoms with E-state index in [0.29, 0.717) is 4.91 Å². The number of phenols is 1. The highest BCUT2D eigenvalue weighted by atomic mass is 32.2. The van der Waals surface area contributed by atoms with Gasteiger partial charge in [0.2, 0.25) is 5.91 Å².